The van der Waals surface area contributed by atoms with Crippen molar-refractivity contribution >= 4 is 29.4 Å². The lowest BCUT2D eigenvalue weighted by atomic mass is 10.7. The van der Waals surface area contributed by atoms with Crippen molar-refractivity contribution in [2.75, 3.05) is 13.6 Å². The zero-order valence-corrected chi connectivity index (χ0v) is 6.58. The molecule has 0 bridgehead atoms. The molecule has 0 amide bonds. The Kier molecular flexibility index (Phi) is 4.29. The summed E-state index contributed by atoms with van der Waals surface area (Å²) in [6.45, 7) is 2.63. The van der Waals surface area contributed by atoms with E-state index >= 15 is 0 Å². The number of hydrogen-bond acceptors (Lipinski definition) is 0. The molecule has 0 radical (unpaired) electrons. The Morgan fingerprint density at radius 1 is 1.62 bits per heavy atom. The van der Waals surface area contributed by atoms with E-state index in [-0.39, 0.29) is 4.84 Å². The third-order valence-corrected chi connectivity index (χ3v) is 1.14. The highest BCUT2D eigenvalue weighted by molar-refractivity contribution is 6.44. The van der Waals surface area contributed by atoms with Gasteiger partial charge in [0.05, 0.1) is 0 Å². The molecule has 0 saturated heterocycles. The van der Waals surface area contributed by atoms with Crippen LogP contribution >= 0.6 is 23.2 Å². The Morgan fingerprint density at radius 3 is 2.25 bits per heavy atom. The number of hydrogen-bond donors (Lipinski definition) is 0. The van der Waals surface area contributed by atoms with Gasteiger partial charge in [0.2, 0.25) is 0 Å². The van der Waals surface area contributed by atoms with E-state index in [0.717, 1.165) is 0 Å². The van der Waals surface area contributed by atoms with Crippen LogP contribution in [0.1, 0.15) is 6.92 Å². The SMILES string of the molecule is CC=[N+](C)CC(Cl)Cl. The van der Waals surface area contributed by atoms with Gasteiger partial charge in [-0.3, -0.25) is 0 Å². The number of alkyl halides is 2. The molecule has 3 heteroatoms. The first-order chi connectivity index (χ1) is 3.66. The van der Waals surface area contributed by atoms with E-state index in [9.17, 15) is 0 Å². The Balaban J connectivity index is 3.39. The predicted octanol–water partition coefficient (Wildman–Crippen LogP) is 1.52. The minimum Gasteiger partial charge on any atom is -0.240 e. The fourth-order valence-electron chi connectivity index (χ4n) is 0.323. The minimum absolute atomic E-state index is 0.281. The molecule has 0 N–H and O–H groups in total. The fraction of sp³-hybridized carbons (Fsp3) is 0.800. The summed E-state index contributed by atoms with van der Waals surface area (Å²) in [5.74, 6) is 0. The maximum absolute atomic E-state index is 5.46. The Labute approximate surface area is 59.9 Å². The minimum atomic E-state index is -0.281. The molecular formula is C5H10Cl2N+. The standard InChI is InChI=1S/C5H10Cl2N/c1-3-8(2)4-5(6)7/h3,5H,4H2,1-2H3/q+1. The van der Waals surface area contributed by atoms with E-state index in [1.807, 2.05) is 24.8 Å². The second kappa shape index (κ2) is 4.16. The molecule has 0 aromatic rings. The summed E-state index contributed by atoms with van der Waals surface area (Å²) in [4.78, 5) is -0.281. The number of nitrogens with zero attached hydrogens (tertiary/aromatic N) is 1. The zero-order chi connectivity index (χ0) is 6.57. The molecule has 0 aliphatic rings. The normalized spacial score (nSPS) is 12.9. The topological polar surface area (TPSA) is 3.01 Å². The van der Waals surface area contributed by atoms with Crippen LogP contribution in [0.4, 0.5) is 0 Å². The quantitative estimate of drug-likeness (QED) is 0.323. The molecule has 0 unspecified atom stereocenters. The van der Waals surface area contributed by atoms with Crippen LogP contribution in [0.5, 0.6) is 0 Å². The van der Waals surface area contributed by atoms with Gasteiger partial charge in [0.25, 0.3) is 0 Å². The molecule has 0 aliphatic carbocycles. The molecule has 0 aliphatic heterocycles. The molecule has 48 valence electrons. The molecule has 0 saturated carbocycles. The van der Waals surface area contributed by atoms with Crippen molar-refractivity contribution in [2.45, 2.75) is 11.8 Å². The van der Waals surface area contributed by atoms with Gasteiger partial charge < -0.3 is 0 Å². The molecule has 0 aromatic heterocycles. The summed E-state index contributed by atoms with van der Waals surface area (Å²) < 4.78 is 1.94. The maximum atomic E-state index is 5.46. The lowest BCUT2D eigenvalue weighted by molar-refractivity contribution is -0.489. The van der Waals surface area contributed by atoms with E-state index in [4.69, 9.17) is 23.2 Å². The van der Waals surface area contributed by atoms with E-state index < -0.39 is 0 Å². The first-order valence-electron chi connectivity index (χ1n) is 2.44. The summed E-state index contributed by atoms with van der Waals surface area (Å²) in [5.41, 5.74) is 0. The zero-order valence-electron chi connectivity index (χ0n) is 5.06. The molecule has 0 rings (SSSR count). The van der Waals surface area contributed by atoms with Gasteiger partial charge in [0.1, 0.15) is 13.3 Å². The average molecular weight is 155 g/mol. The van der Waals surface area contributed by atoms with Crippen LogP contribution in [0.15, 0.2) is 0 Å². The van der Waals surface area contributed by atoms with Crippen molar-refractivity contribution in [1.29, 1.82) is 0 Å². The largest absolute Gasteiger partial charge is 0.240 e. The van der Waals surface area contributed by atoms with Crippen molar-refractivity contribution in [3.8, 4) is 0 Å². The summed E-state index contributed by atoms with van der Waals surface area (Å²) in [6.07, 6.45) is 1.93. The summed E-state index contributed by atoms with van der Waals surface area (Å²) in [6, 6.07) is 0. The molecular weight excluding hydrogens is 145 g/mol. The molecule has 0 atom stereocenters. The maximum Gasteiger partial charge on any atom is 0.172 e. The first-order valence-corrected chi connectivity index (χ1v) is 3.32. The highest BCUT2D eigenvalue weighted by atomic mass is 35.5. The summed E-state index contributed by atoms with van der Waals surface area (Å²) in [7, 11) is 1.93. The van der Waals surface area contributed by atoms with Crippen LogP contribution in [0, 0.1) is 0 Å². The van der Waals surface area contributed by atoms with E-state index in [1.165, 1.54) is 0 Å². The Hall–Kier alpha value is 0.250. The van der Waals surface area contributed by atoms with Crippen LogP contribution in [-0.4, -0.2) is 29.2 Å². The van der Waals surface area contributed by atoms with E-state index in [2.05, 4.69) is 0 Å². The molecule has 0 aromatic carbocycles. The monoisotopic (exact) mass is 154 g/mol. The Bertz CT molecular complexity index is 88.4. The summed E-state index contributed by atoms with van der Waals surface area (Å²) in [5, 5.41) is 0. The molecule has 0 spiro atoms. The highest BCUT2D eigenvalue weighted by Gasteiger charge is 2.02. The van der Waals surface area contributed by atoms with E-state index in [0.29, 0.717) is 6.54 Å². The van der Waals surface area contributed by atoms with Crippen LogP contribution in [-0.2, 0) is 0 Å². The van der Waals surface area contributed by atoms with Crippen molar-refractivity contribution in [3.05, 3.63) is 0 Å². The van der Waals surface area contributed by atoms with Gasteiger partial charge in [-0.15, -0.1) is 0 Å². The van der Waals surface area contributed by atoms with Crippen molar-refractivity contribution in [1.82, 2.24) is 0 Å². The molecule has 0 heterocycles. The number of halogens is 2. The van der Waals surface area contributed by atoms with Crippen molar-refractivity contribution in [3.63, 3.8) is 0 Å². The second-order valence-corrected chi connectivity index (χ2v) is 2.87. The molecule has 1 nitrogen and oxygen atoms in total. The van der Waals surface area contributed by atoms with Gasteiger partial charge >= 0.3 is 0 Å². The Morgan fingerprint density at radius 2 is 2.12 bits per heavy atom. The van der Waals surface area contributed by atoms with Gasteiger partial charge in [-0.1, -0.05) is 23.2 Å². The van der Waals surface area contributed by atoms with Crippen LogP contribution in [0.3, 0.4) is 0 Å². The average Bonchev–Trinajstić information content (AvgIpc) is 1.65. The van der Waals surface area contributed by atoms with Crippen molar-refractivity contribution < 1.29 is 4.58 Å². The van der Waals surface area contributed by atoms with Gasteiger partial charge in [0.15, 0.2) is 11.4 Å². The van der Waals surface area contributed by atoms with E-state index in [1.54, 1.807) is 0 Å². The van der Waals surface area contributed by atoms with Crippen LogP contribution < -0.4 is 0 Å². The van der Waals surface area contributed by atoms with Gasteiger partial charge in [0, 0.05) is 6.92 Å². The number of rotatable bonds is 2. The molecule has 8 heavy (non-hydrogen) atoms. The van der Waals surface area contributed by atoms with Crippen LogP contribution in [0.25, 0.3) is 0 Å². The predicted molar refractivity (Wildman–Crippen MR) is 38.3 cm³/mol. The van der Waals surface area contributed by atoms with Gasteiger partial charge in [-0.25, -0.2) is 4.58 Å². The van der Waals surface area contributed by atoms with Gasteiger partial charge in [-0.05, 0) is 0 Å². The van der Waals surface area contributed by atoms with Gasteiger partial charge in [-0.2, -0.15) is 0 Å². The molecule has 0 fully saturated rings. The summed E-state index contributed by atoms with van der Waals surface area (Å²) >= 11 is 10.9. The second-order valence-electron chi connectivity index (χ2n) is 1.59. The third-order valence-electron chi connectivity index (χ3n) is 0.867. The highest BCUT2D eigenvalue weighted by Crippen LogP contribution is 1.99. The lowest BCUT2D eigenvalue weighted by Gasteiger charge is -1.93. The first kappa shape index (κ1) is 8.25. The van der Waals surface area contributed by atoms with Crippen molar-refractivity contribution in [2.24, 2.45) is 0 Å². The smallest absolute Gasteiger partial charge is 0.172 e. The van der Waals surface area contributed by atoms with Crippen LogP contribution in [0.2, 0.25) is 0 Å². The fourth-order valence-corrected chi connectivity index (χ4v) is 0.758. The third kappa shape index (κ3) is 4.41. The lowest BCUT2D eigenvalue weighted by Crippen LogP contribution is -2.13.